The van der Waals surface area contributed by atoms with Crippen molar-refractivity contribution in [3.8, 4) is 0 Å². The normalized spacial score (nSPS) is 24.5. The number of nitrogens with zero attached hydrogens (tertiary/aromatic N) is 2. The zero-order chi connectivity index (χ0) is 20.8. The Labute approximate surface area is 170 Å². The summed E-state index contributed by atoms with van der Waals surface area (Å²) in [6.45, 7) is 0. The lowest BCUT2D eigenvalue weighted by Crippen LogP contribution is -2.37. The molecule has 3 unspecified atom stereocenters. The number of hydrogen-bond donors (Lipinski definition) is 0. The van der Waals surface area contributed by atoms with Gasteiger partial charge in [0.1, 0.15) is 11.6 Å². The third kappa shape index (κ3) is 3.46. The molecule has 1 aliphatic carbocycles. The van der Waals surface area contributed by atoms with Crippen LogP contribution in [0, 0.1) is 17.6 Å². The lowest BCUT2D eigenvalue weighted by molar-refractivity contribution is 0.234. The van der Waals surface area contributed by atoms with Crippen molar-refractivity contribution in [1.82, 2.24) is 9.21 Å². The topological polar surface area (TPSA) is 40.6 Å². The monoisotopic (exact) mass is 418 g/mol. The smallest absolute Gasteiger partial charge is 0.264 e. The van der Waals surface area contributed by atoms with Gasteiger partial charge in [0.05, 0.1) is 10.9 Å². The van der Waals surface area contributed by atoms with Crippen molar-refractivity contribution in [3.63, 3.8) is 0 Å². The number of rotatable bonds is 4. The minimum absolute atomic E-state index is 0.0933. The van der Waals surface area contributed by atoms with Gasteiger partial charge in [0.2, 0.25) is 0 Å². The zero-order valence-corrected chi connectivity index (χ0v) is 17.2. The van der Waals surface area contributed by atoms with E-state index in [1.165, 1.54) is 28.6 Å². The van der Waals surface area contributed by atoms with Gasteiger partial charge in [-0.2, -0.15) is 0 Å². The van der Waals surface area contributed by atoms with E-state index in [9.17, 15) is 17.2 Å². The first kappa shape index (κ1) is 20.0. The maximum Gasteiger partial charge on any atom is 0.264 e. The Bertz CT molecular complexity index is 1050. The quantitative estimate of drug-likeness (QED) is 0.742. The summed E-state index contributed by atoms with van der Waals surface area (Å²) in [5.41, 5.74) is 1.35. The molecule has 7 heteroatoms. The minimum Gasteiger partial charge on any atom is -0.303 e. The highest BCUT2D eigenvalue weighted by Gasteiger charge is 2.47. The van der Waals surface area contributed by atoms with Crippen LogP contribution in [0.4, 0.5) is 8.78 Å². The highest BCUT2D eigenvalue weighted by Crippen LogP contribution is 2.50. The van der Waals surface area contributed by atoms with E-state index in [0.717, 1.165) is 30.9 Å². The second kappa shape index (κ2) is 7.54. The summed E-state index contributed by atoms with van der Waals surface area (Å²) in [4.78, 5) is 1.95. The Morgan fingerprint density at radius 1 is 1.03 bits per heavy atom. The second-order valence-corrected chi connectivity index (χ2v) is 9.75. The molecular weight excluding hydrogens is 394 g/mol. The molecule has 4 nitrogen and oxygen atoms in total. The van der Waals surface area contributed by atoms with E-state index in [1.807, 2.05) is 14.1 Å². The third-order valence-corrected chi connectivity index (χ3v) is 7.69. The molecule has 1 saturated carbocycles. The standard InChI is InChI=1S/C22H24F2N2O2S/c1-25(2)21-12-6-10-17-19(21)14-26(22(17)18-9-3-4-11-20(18)24)29(27,28)16-8-5-7-15(23)13-16/h3-5,7-9,11,13-14,17,21-22H,6,10,12H2,1-2H3. The fraction of sp³-hybridized carbons (Fsp3) is 0.364. The van der Waals surface area contributed by atoms with Gasteiger partial charge in [-0.05, 0) is 56.8 Å². The van der Waals surface area contributed by atoms with Gasteiger partial charge in [-0.25, -0.2) is 17.2 Å². The lowest BCUT2D eigenvalue weighted by atomic mass is 9.77. The number of fused-ring (bicyclic) bond motifs is 1. The molecule has 4 rings (SSSR count). The van der Waals surface area contributed by atoms with Gasteiger partial charge in [0, 0.05) is 23.7 Å². The van der Waals surface area contributed by atoms with Crippen LogP contribution in [0.3, 0.4) is 0 Å². The number of benzene rings is 2. The Morgan fingerprint density at radius 2 is 1.79 bits per heavy atom. The summed E-state index contributed by atoms with van der Waals surface area (Å²) in [5.74, 6) is -1.17. The molecule has 29 heavy (non-hydrogen) atoms. The highest BCUT2D eigenvalue weighted by molar-refractivity contribution is 7.89. The number of halogens is 2. The molecular formula is C22H24F2N2O2S. The van der Waals surface area contributed by atoms with Crippen molar-refractivity contribution in [2.75, 3.05) is 14.1 Å². The van der Waals surface area contributed by atoms with Gasteiger partial charge >= 0.3 is 0 Å². The Hall–Kier alpha value is -2.25. The van der Waals surface area contributed by atoms with Crippen LogP contribution in [0.25, 0.3) is 0 Å². The van der Waals surface area contributed by atoms with Crippen LogP contribution in [0.2, 0.25) is 0 Å². The van der Waals surface area contributed by atoms with Gasteiger partial charge in [-0.15, -0.1) is 0 Å². The summed E-state index contributed by atoms with van der Waals surface area (Å²) in [5, 5.41) is 0. The molecule has 0 amide bonds. The highest BCUT2D eigenvalue weighted by atomic mass is 32.2. The summed E-state index contributed by atoms with van der Waals surface area (Å²) < 4.78 is 56.7. The van der Waals surface area contributed by atoms with Crippen molar-refractivity contribution in [1.29, 1.82) is 0 Å². The van der Waals surface area contributed by atoms with Crippen molar-refractivity contribution in [3.05, 3.63) is 77.5 Å². The molecule has 2 aliphatic rings. The molecule has 1 fully saturated rings. The Balaban J connectivity index is 1.87. The van der Waals surface area contributed by atoms with Crippen LogP contribution in [0.5, 0.6) is 0 Å². The minimum atomic E-state index is -4.05. The van der Waals surface area contributed by atoms with E-state index >= 15 is 0 Å². The van der Waals surface area contributed by atoms with E-state index in [2.05, 4.69) is 4.90 Å². The van der Waals surface area contributed by atoms with E-state index in [1.54, 1.807) is 24.4 Å². The molecule has 154 valence electrons. The van der Waals surface area contributed by atoms with Crippen LogP contribution >= 0.6 is 0 Å². The first-order valence-corrected chi connectivity index (χ1v) is 11.2. The SMILES string of the molecule is CN(C)C1CCCC2C1=CN(S(=O)(=O)c1cccc(F)c1)C2c1ccccc1F. The summed E-state index contributed by atoms with van der Waals surface area (Å²) in [6.07, 6.45) is 4.30. The van der Waals surface area contributed by atoms with E-state index in [4.69, 9.17) is 0 Å². The number of hydrogen-bond acceptors (Lipinski definition) is 3. The molecule has 0 bridgehead atoms. The zero-order valence-electron chi connectivity index (χ0n) is 16.4. The molecule has 1 aliphatic heterocycles. The Kier molecular flexibility index (Phi) is 5.21. The average Bonchev–Trinajstić information content (AvgIpc) is 3.08. The first-order chi connectivity index (χ1) is 13.8. The van der Waals surface area contributed by atoms with E-state index in [-0.39, 0.29) is 16.9 Å². The van der Waals surface area contributed by atoms with Crippen LogP contribution in [-0.2, 0) is 10.0 Å². The molecule has 0 saturated heterocycles. The fourth-order valence-corrected chi connectivity index (χ4v) is 6.21. The van der Waals surface area contributed by atoms with Crippen LogP contribution < -0.4 is 0 Å². The molecule has 0 spiro atoms. The molecule has 0 radical (unpaired) electrons. The maximum atomic E-state index is 14.8. The average molecular weight is 419 g/mol. The third-order valence-electron chi connectivity index (χ3n) is 5.96. The molecule has 1 heterocycles. The van der Waals surface area contributed by atoms with E-state index in [0.29, 0.717) is 5.56 Å². The van der Waals surface area contributed by atoms with Gasteiger partial charge in [0.15, 0.2) is 0 Å². The predicted molar refractivity (Wildman–Crippen MR) is 107 cm³/mol. The van der Waals surface area contributed by atoms with Crippen molar-refractivity contribution >= 4 is 10.0 Å². The number of likely N-dealkylation sites (N-methyl/N-ethyl adjacent to an activating group) is 1. The van der Waals surface area contributed by atoms with Crippen LogP contribution in [0.15, 0.2) is 65.2 Å². The predicted octanol–water partition coefficient (Wildman–Crippen LogP) is 4.32. The Morgan fingerprint density at radius 3 is 2.48 bits per heavy atom. The van der Waals surface area contributed by atoms with Gasteiger partial charge in [-0.3, -0.25) is 4.31 Å². The van der Waals surface area contributed by atoms with Crippen molar-refractivity contribution < 1.29 is 17.2 Å². The van der Waals surface area contributed by atoms with E-state index < -0.39 is 27.7 Å². The summed E-state index contributed by atoms with van der Waals surface area (Å²) >= 11 is 0. The van der Waals surface area contributed by atoms with Crippen molar-refractivity contribution in [2.45, 2.75) is 36.2 Å². The largest absolute Gasteiger partial charge is 0.303 e. The maximum absolute atomic E-state index is 14.8. The van der Waals surface area contributed by atoms with Crippen LogP contribution in [-0.4, -0.2) is 37.8 Å². The molecule has 2 aromatic rings. The number of sulfonamides is 1. The van der Waals surface area contributed by atoms with Gasteiger partial charge in [0.25, 0.3) is 10.0 Å². The molecule has 0 aromatic heterocycles. The molecule has 0 N–H and O–H groups in total. The van der Waals surface area contributed by atoms with Crippen molar-refractivity contribution in [2.24, 2.45) is 5.92 Å². The van der Waals surface area contributed by atoms with Gasteiger partial charge < -0.3 is 4.90 Å². The summed E-state index contributed by atoms with van der Waals surface area (Å²) in [7, 11) is -0.115. The molecule has 2 aromatic carbocycles. The fourth-order valence-electron chi connectivity index (χ4n) is 4.63. The molecule has 3 atom stereocenters. The summed E-state index contributed by atoms with van der Waals surface area (Å²) in [6, 6.07) is 10.7. The first-order valence-electron chi connectivity index (χ1n) is 9.72. The van der Waals surface area contributed by atoms with Gasteiger partial charge in [-0.1, -0.05) is 30.7 Å². The second-order valence-electron chi connectivity index (χ2n) is 7.90. The van der Waals surface area contributed by atoms with Crippen LogP contribution in [0.1, 0.15) is 30.9 Å². The lowest BCUT2D eigenvalue weighted by Gasteiger charge is -2.36.